The van der Waals surface area contributed by atoms with E-state index in [1.54, 1.807) is 23.9 Å². The molecule has 3 nitrogen and oxygen atoms in total. The molecule has 0 spiro atoms. The lowest BCUT2D eigenvalue weighted by molar-refractivity contribution is 0.424. The van der Waals surface area contributed by atoms with Crippen molar-refractivity contribution < 1.29 is 8.42 Å². The van der Waals surface area contributed by atoms with Crippen molar-refractivity contribution in [2.75, 3.05) is 18.8 Å². The van der Waals surface area contributed by atoms with E-state index >= 15 is 0 Å². The number of sulfonamides is 1. The van der Waals surface area contributed by atoms with Gasteiger partial charge in [0, 0.05) is 35.0 Å². The molecule has 1 fully saturated rings. The lowest BCUT2D eigenvalue weighted by Gasteiger charge is -2.29. The van der Waals surface area contributed by atoms with Crippen molar-refractivity contribution in [3.63, 3.8) is 0 Å². The minimum atomic E-state index is -3.45. The molecule has 106 valence electrons. The standard InChI is InChI=1S/C12H15Cl2NO2S2/c1-9-8-15(4-5-18-9)19(16,17)11-3-2-10(7-13)12(14)6-11/h2-3,6,9H,4-5,7-8H2,1H3. The van der Waals surface area contributed by atoms with E-state index in [0.29, 0.717) is 23.4 Å². The van der Waals surface area contributed by atoms with Crippen LogP contribution >= 0.6 is 35.0 Å². The Balaban J connectivity index is 2.31. The van der Waals surface area contributed by atoms with Gasteiger partial charge in [-0.1, -0.05) is 24.6 Å². The molecule has 1 saturated heterocycles. The quantitative estimate of drug-likeness (QED) is 0.793. The van der Waals surface area contributed by atoms with Crippen LogP contribution in [0.5, 0.6) is 0 Å². The van der Waals surface area contributed by atoms with Gasteiger partial charge in [-0.2, -0.15) is 16.1 Å². The number of thioether (sulfide) groups is 1. The number of rotatable bonds is 3. The van der Waals surface area contributed by atoms with Gasteiger partial charge in [0.2, 0.25) is 10.0 Å². The zero-order chi connectivity index (χ0) is 14.0. The van der Waals surface area contributed by atoms with E-state index in [0.717, 1.165) is 11.3 Å². The van der Waals surface area contributed by atoms with E-state index in [9.17, 15) is 8.42 Å². The molecule has 7 heteroatoms. The Hall–Kier alpha value is 0.0600. The van der Waals surface area contributed by atoms with Crippen LogP contribution in [0.25, 0.3) is 0 Å². The van der Waals surface area contributed by atoms with Crippen LogP contribution in [0, 0.1) is 0 Å². The van der Waals surface area contributed by atoms with Gasteiger partial charge in [0.05, 0.1) is 4.90 Å². The molecule has 1 unspecified atom stereocenters. The third-order valence-corrected chi connectivity index (χ3v) is 6.65. The fraction of sp³-hybridized carbons (Fsp3) is 0.500. The first kappa shape index (κ1) is 15.4. The summed E-state index contributed by atoms with van der Waals surface area (Å²) < 4.78 is 26.5. The first-order valence-electron chi connectivity index (χ1n) is 5.91. The van der Waals surface area contributed by atoms with Crippen LogP contribution in [-0.2, 0) is 15.9 Å². The molecule has 0 aliphatic carbocycles. The predicted octanol–water partition coefficient (Wildman–Crippen LogP) is 3.20. The maximum Gasteiger partial charge on any atom is 0.243 e. The topological polar surface area (TPSA) is 37.4 Å². The van der Waals surface area contributed by atoms with E-state index in [4.69, 9.17) is 23.2 Å². The lowest BCUT2D eigenvalue weighted by Crippen LogP contribution is -2.40. The molecule has 0 bridgehead atoms. The van der Waals surface area contributed by atoms with Crippen LogP contribution < -0.4 is 0 Å². The van der Waals surface area contributed by atoms with Crippen molar-refractivity contribution in [3.05, 3.63) is 28.8 Å². The number of nitrogens with zero attached hydrogens (tertiary/aromatic N) is 1. The van der Waals surface area contributed by atoms with Crippen LogP contribution in [0.4, 0.5) is 0 Å². The highest BCUT2D eigenvalue weighted by atomic mass is 35.5. The highest BCUT2D eigenvalue weighted by Crippen LogP contribution is 2.27. The van der Waals surface area contributed by atoms with Crippen molar-refractivity contribution >= 4 is 45.0 Å². The molecule has 1 aromatic carbocycles. The summed E-state index contributed by atoms with van der Waals surface area (Å²) in [5.74, 6) is 1.10. The summed E-state index contributed by atoms with van der Waals surface area (Å²) in [6.45, 7) is 3.13. The first-order valence-corrected chi connectivity index (χ1v) is 9.31. The Labute approximate surface area is 128 Å². The van der Waals surface area contributed by atoms with Gasteiger partial charge in [-0.15, -0.1) is 11.6 Å². The van der Waals surface area contributed by atoms with Gasteiger partial charge >= 0.3 is 0 Å². The summed E-state index contributed by atoms with van der Waals surface area (Å²) in [4.78, 5) is 0.241. The molecular weight excluding hydrogens is 325 g/mol. The van der Waals surface area contributed by atoms with Gasteiger partial charge in [0.25, 0.3) is 0 Å². The second-order valence-electron chi connectivity index (χ2n) is 4.43. The number of hydrogen-bond donors (Lipinski definition) is 0. The molecule has 1 aliphatic heterocycles. The van der Waals surface area contributed by atoms with Gasteiger partial charge in [-0.05, 0) is 17.7 Å². The molecule has 1 aromatic rings. The normalized spacial score (nSPS) is 21.5. The second kappa shape index (κ2) is 6.22. The van der Waals surface area contributed by atoms with Crippen LogP contribution in [0.1, 0.15) is 12.5 Å². The SMILES string of the molecule is CC1CN(S(=O)(=O)c2ccc(CCl)c(Cl)c2)CCS1. The first-order chi connectivity index (χ1) is 8.95. The van der Waals surface area contributed by atoms with Crippen LogP contribution in [0.2, 0.25) is 5.02 Å². The van der Waals surface area contributed by atoms with Gasteiger partial charge < -0.3 is 0 Å². The average Bonchev–Trinajstić information content (AvgIpc) is 2.38. The van der Waals surface area contributed by atoms with Crippen molar-refractivity contribution in [2.45, 2.75) is 22.9 Å². The van der Waals surface area contributed by atoms with Crippen LogP contribution in [0.3, 0.4) is 0 Å². The summed E-state index contributed by atoms with van der Waals surface area (Å²) >= 11 is 13.5. The van der Waals surface area contributed by atoms with Crippen molar-refractivity contribution in [1.82, 2.24) is 4.31 Å². The summed E-state index contributed by atoms with van der Waals surface area (Å²) in [5, 5.41) is 0.719. The van der Waals surface area contributed by atoms with E-state index in [1.807, 2.05) is 6.92 Å². The maximum absolute atomic E-state index is 12.5. The van der Waals surface area contributed by atoms with Gasteiger partial charge in [0.15, 0.2) is 0 Å². The Morgan fingerprint density at radius 2 is 2.21 bits per heavy atom. The average molecular weight is 340 g/mol. The van der Waals surface area contributed by atoms with Crippen LogP contribution in [-0.4, -0.2) is 36.8 Å². The molecule has 0 radical (unpaired) electrons. The Kier molecular flexibility index (Phi) is 5.06. The van der Waals surface area contributed by atoms with E-state index in [1.165, 1.54) is 10.4 Å². The predicted molar refractivity (Wildman–Crippen MR) is 81.7 cm³/mol. The monoisotopic (exact) mass is 339 g/mol. The number of hydrogen-bond acceptors (Lipinski definition) is 3. The summed E-state index contributed by atoms with van der Waals surface area (Å²) in [7, 11) is -3.45. The minimum Gasteiger partial charge on any atom is -0.207 e. The highest BCUT2D eigenvalue weighted by Gasteiger charge is 2.29. The number of alkyl halides is 1. The number of halogens is 2. The van der Waals surface area contributed by atoms with Crippen LogP contribution in [0.15, 0.2) is 23.1 Å². The van der Waals surface area contributed by atoms with Crippen molar-refractivity contribution in [3.8, 4) is 0 Å². The largest absolute Gasteiger partial charge is 0.243 e. The molecular formula is C12H15Cl2NO2S2. The molecule has 1 aliphatic rings. The van der Waals surface area contributed by atoms with Crippen molar-refractivity contribution in [1.29, 1.82) is 0 Å². The molecule has 2 rings (SSSR count). The van der Waals surface area contributed by atoms with Crippen molar-refractivity contribution in [2.24, 2.45) is 0 Å². The minimum absolute atomic E-state index is 0.241. The molecule has 0 amide bonds. The smallest absolute Gasteiger partial charge is 0.207 e. The summed E-state index contributed by atoms with van der Waals surface area (Å²) in [6.07, 6.45) is 0. The van der Waals surface area contributed by atoms with Gasteiger partial charge in [-0.3, -0.25) is 0 Å². The summed E-state index contributed by atoms with van der Waals surface area (Å²) in [5.41, 5.74) is 0.741. The Morgan fingerprint density at radius 1 is 1.47 bits per heavy atom. The third kappa shape index (κ3) is 3.39. The highest BCUT2D eigenvalue weighted by molar-refractivity contribution is 8.00. The van der Waals surface area contributed by atoms with Gasteiger partial charge in [-0.25, -0.2) is 8.42 Å². The molecule has 0 N–H and O–H groups in total. The van der Waals surface area contributed by atoms with E-state index < -0.39 is 10.0 Å². The van der Waals surface area contributed by atoms with Gasteiger partial charge in [0.1, 0.15) is 0 Å². The molecule has 0 saturated carbocycles. The summed E-state index contributed by atoms with van der Waals surface area (Å²) in [6, 6.07) is 4.73. The molecule has 1 heterocycles. The molecule has 1 atom stereocenters. The lowest BCUT2D eigenvalue weighted by atomic mass is 10.2. The fourth-order valence-corrected chi connectivity index (χ4v) is 5.34. The Bertz CT molecular complexity index is 563. The zero-order valence-corrected chi connectivity index (χ0v) is 13.6. The molecule has 0 aromatic heterocycles. The number of benzene rings is 1. The Morgan fingerprint density at radius 3 is 2.79 bits per heavy atom. The fourth-order valence-electron chi connectivity index (χ4n) is 1.95. The molecule has 19 heavy (non-hydrogen) atoms. The second-order valence-corrected chi connectivity index (χ2v) is 8.59. The zero-order valence-electron chi connectivity index (χ0n) is 10.5. The van der Waals surface area contributed by atoms with E-state index in [-0.39, 0.29) is 10.8 Å². The van der Waals surface area contributed by atoms with E-state index in [2.05, 4.69) is 0 Å². The maximum atomic E-state index is 12.5. The third-order valence-electron chi connectivity index (χ3n) is 3.01.